The topological polar surface area (TPSA) is 51.2 Å². The van der Waals surface area contributed by atoms with E-state index in [2.05, 4.69) is 26.2 Å². The summed E-state index contributed by atoms with van der Waals surface area (Å²) in [5, 5.41) is 2.65. The number of aromatic nitrogens is 1. The molecule has 0 fully saturated rings. The Morgan fingerprint density at radius 1 is 1.56 bits per heavy atom. The number of nitrogens with one attached hydrogen (secondary N) is 1. The van der Waals surface area contributed by atoms with Crippen LogP contribution in [-0.2, 0) is 4.74 Å². The second-order valence-corrected chi connectivity index (χ2v) is 5.54. The summed E-state index contributed by atoms with van der Waals surface area (Å²) in [5.41, 5.74) is 0.540. The minimum atomic E-state index is -0.470. The van der Waals surface area contributed by atoms with Gasteiger partial charge in [0, 0.05) is 23.4 Å². The zero-order valence-electron chi connectivity index (χ0n) is 10.7. The number of amides is 1. The highest BCUT2D eigenvalue weighted by molar-refractivity contribution is 9.10. The molecule has 0 aromatic carbocycles. The van der Waals surface area contributed by atoms with E-state index >= 15 is 0 Å². The first-order valence-electron chi connectivity index (χ1n) is 5.61. The van der Waals surface area contributed by atoms with E-state index in [0.717, 1.165) is 10.0 Å². The predicted octanol–water partition coefficient (Wildman–Crippen LogP) is 3.38. The van der Waals surface area contributed by atoms with Gasteiger partial charge in [-0.15, -0.1) is 0 Å². The van der Waals surface area contributed by atoms with Gasteiger partial charge in [0.2, 0.25) is 0 Å². The molecule has 1 heterocycles. The normalized spacial score (nSPS) is 11.6. The summed E-state index contributed by atoms with van der Waals surface area (Å²) in [6, 6.07) is 1.88. The summed E-state index contributed by atoms with van der Waals surface area (Å²) in [4.78, 5) is 15.3. The number of carbonyl (C=O) groups is 1. The number of pyridine rings is 1. The molecule has 1 amide bonds. The summed E-state index contributed by atoms with van der Waals surface area (Å²) < 4.78 is 6.03. The molecule has 0 aliphatic carbocycles. The average Bonchev–Trinajstić information content (AvgIpc) is 2.24. The van der Waals surface area contributed by atoms with Crippen LogP contribution in [0.15, 0.2) is 29.0 Å². The van der Waals surface area contributed by atoms with Crippen LogP contribution in [0.4, 0.5) is 4.79 Å². The second kappa shape index (κ2) is 6.54. The Balaban J connectivity index is 2.38. The van der Waals surface area contributed by atoms with E-state index in [1.165, 1.54) is 0 Å². The molecule has 4 nitrogen and oxygen atoms in total. The van der Waals surface area contributed by atoms with E-state index in [-0.39, 0.29) is 0 Å². The van der Waals surface area contributed by atoms with E-state index in [4.69, 9.17) is 4.74 Å². The number of hydrogen-bond acceptors (Lipinski definition) is 3. The number of hydrogen-bond donors (Lipinski definition) is 1. The van der Waals surface area contributed by atoms with Gasteiger partial charge >= 0.3 is 6.09 Å². The first-order chi connectivity index (χ1) is 8.38. The predicted molar refractivity (Wildman–Crippen MR) is 75.2 cm³/mol. The number of nitrogens with zero attached hydrogens (tertiary/aromatic N) is 1. The van der Waals surface area contributed by atoms with Crippen molar-refractivity contribution in [2.45, 2.75) is 26.4 Å². The molecule has 0 aliphatic heterocycles. The Bertz CT molecular complexity index is 439. The largest absolute Gasteiger partial charge is 0.444 e. The Labute approximate surface area is 116 Å². The first-order valence-corrected chi connectivity index (χ1v) is 6.41. The lowest BCUT2D eigenvalue weighted by molar-refractivity contribution is 0.0534. The van der Waals surface area contributed by atoms with Crippen LogP contribution in [0.5, 0.6) is 0 Å². The number of alkyl carbamates (subject to hydrolysis) is 1. The molecule has 18 heavy (non-hydrogen) atoms. The van der Waals surface area contributed by atoms with E-state index in [0.29, 0.717) is 6.54 Å². The third-order valence-electron chi connectivity index (χ3n) is 1.86. The molecule has 0 saturated heterocycles. The van der Waals surface area contributed by atoms with Gasteiger partial charge in [0.05, 0.1) is 0 Å². The van der Waals surface area contributed by atoms with Crippen LogP contribution in [0.3, 0.4) is 0 Å². The van der Waals surface area contributed by atoms with Crippen molar-refractivity contribution in [1.82, 2.24) is 10.3 Å². The van der Waals surface area contributed by atoms with Gasteiger partial charge in [-0.2, -0.15) is 0 Å². The van der Waals surface area contributed by atoms with E-state index in [9.17, 15) is 4.79 Å². The lowest BCUT2D eigenvalue weighted by Gasteiger charge is -2.19. The van der Waals surface area contributed by atoms with Crippen molar-refractivity contribution in [1.29, 1.82) is 0 Å². The van der Waals surface area contributed by atoms with Gasteiger partial charge in [-0.3, -0.25) is 4.98 Å². The highest BCUT2D eigenvalue weighted by Gasteiger charge is 2.14. The third-order valence-corrected chi connectivity index (χ3v) is 2.53. The van der Waals surface area contributed by atoms with Gasteiger partial charge in [0.1, 0.15) is 5.60 Å². The molecule has 0 spiro atoms. The quantitative estimate of drug-likeness (QED) is 0.930. The van der Waals surface area contributed by atoms with Crippen LogP contribution in [0.2, 0.25) is 0 Å². The maximum Gasteiger partial charge on any atom is 0.407 e. The van der Waals surface area contributed by atoms with Crippen molar-refractivity contribution < 1.29 is 9.53 Å². The number of rotatable bonds is 3. The number of halogens is 1. The van der Waals surface area contributed by atoms with Crippen molar-refractivity contribution in [2.24, 2.45) is 0 Å². The Morgan fingerprint density at radius 3 is 2.89 bits per heavy atom. The highest BCUT2D eigenvalue weighted by Crippen LogP contribution is 2.15. The van der Waals surface area contributed by atoms with Crippen LogP contribution in [-0.4, -0.2) is 23.2 Å². The molecule has 98 valence electrons. The first kappa shape index (κ1) is 14.7. The Morgan fingerprint density at radius 2 is 2.28 bits per heavy atom. The highest BCUT2D eigenvalue weighted by atomic mass is 79.9. The molecule has 0 atom stereocenters. The van der Waals surface area contributed by atoms with Crippen molar-refractivity contribution in [3.8, 4) is 0 Å². The molecular formula is C13H17BrN2O2. The SMILES string of the molecule is CC(C)(C)OC(=O)NCC=Cc1ccncc1Br. The van der Waals surface area contributed by atoms with Crippen LogP contribution in [0.25, 0.3) is 6.08 Å². The third kappa shape index (κ3) is 5.82. The summed E-state index contributed by atoms with van der Waals surface area (Å²) in [6.07, 6.45) is 6.78. The van der Waals surface area contributed by atoms with Crippen molar-refractivity contribution >= 4 is 28.1 Å². The molecule has 5 heteroatoms. The van der Waals surface area contributed by atoms with Crippen molar-refractivity contribution in [3.05, 3.63) is 34.6 Å². The lowest BCUT2D eigenvalue weighted by atomic mass is 10.2. The second-order valence-electron chi connectivity index (χ2n) is 4.68. The molecule has 1 aromatic rings. The molecule has 0 saturated carbocycles. The van der Waals surface area contributed by atoms with Gasteiger partial charge in [0.15, 0.2) is 0 Å². The zero-order valence-corrected chi connectivity index (χ0v) is 12.3. The fourth-order valence-corrected chi connectivity index (χ4v) is 1.55. The minimum absolute atomic E-state index is 0.416. The summed E-state index contributed by atoms with van der Waals surface area (Å²) in [7, 11) is 0. The Kier molecular flexibility index (Phi) is 5.34. The summed E-state index contributed by atoms with van der Waals surface area (Å²) in [5.74, 6) is 0. The van der Waals surface area contributed by atoms with Crippen LogP contribution < -0.4 is 5.32 Å². The fraction of sp³-hybridized carbons (Fsp3) is 0.385. The maximum atomic E-state index is 11.4. The van der Waals surface area contributed by atoms with Gasteiger partial charge in [-0.25, -0.2) is 4.79 Å². The molecule has 0 unspecified atom stereocenters. The zero-order chi connectivity index (χ0) is 13.6. The van der Waals surface area contributed by atoms with Crippen molar-refractivity contribution in [3.63, 3.8) is 0 Å². The Hall–Kier alpha value is -1.36. The summed E-state index contributed by atoms with van der Waals surface area (Å²) >= 11 is 3.39. The van der Waals surface area contributed by atoms with Gasteiger partial charge in [-0.05, 0) is 48.3 Å². The molecule has 0 aliphatic rings. The average molecular weight is 313 g/mol. The van der Waals surface area contributed by atoms with Gasteiger partial charge in [-0.1, -0.05) is 12.2 Å². The number of carbonyl (C=O) groups excluding carboxylic acids is 1. The smallest absolute Gasteiger partial charge is 0.407 e. The van der Waals surface area contributed by atoms with Gasteiger partial charge in [0.25, 0.3) is 0 Å². The molecule has 1 aromatic heterocycles. The molecule has 0 bridgehead atoms. The summed E-state index contributed by atoms with van der Waals surface area (Å²) in [6.45, 7) is 5.91. The fourth-order valence-electron chi connectivity index (χ4n) is 1.16. The molecule has 1 rings (SSSR count). The standard InChI is InChI=1S/C13H17BrN2O2/c1-13(2,3)18-12(17)16-7-4-5-10-6-8-15-9-11(10)14/h4-6,8-9H,7H2,1-3H3,(H,16,17). The van der Waals surface area contributed by atoms with E-state index in [1.54, 1.807) is 12.4 Å². The van der Waals surface area contributed by atoms with Crippen LogP contribution in [0, 0.1) is 0 Å². The van der Waals surface area contributed by atoms with Crippen LogP contribution >= 0.6 is 15.9 Å². The molecule has 1 N–H and O–H groups in total. The van der Waals surface area contributed by atoms with Crippen molar-refractivity contribution in [2.75, 3.05) is 6.54 Å². The monoisotopic (exact) mass is 312 g/mol. The minimum Gasteiger partial charge on any atom is -0.444 e. The van der Waals surface area contributed by atoms with E-state index < -0.39 is 11.7 Å². The molecule has 0 radical (unpaired) electrons. The molecular weight excluding hydrogens is 296 g/mol. The van der Waals surface area contributed by atoms with Crippen LogP contribution in [0.1, 0.15) is 26.3 Å². The maximum absolute atomic E-state index is 11.4. The lowest BCUT2D eigenvalue weighted by Crippen LogP contribution is -2.32. The van der Waals surface area contributed by atoms with Gasteiger partial charge < -0.3 is 10.1 Å². The van der Waals surface area contributed by atoms with E-state index in [1.807, 2.05) is 39.0 Å². The number of ether oxygens (including phenoxy) is 1.